The van der Waals surface area contributed by atoms with Crippen molar-refractivity contribution in [3.05, 3.63) is 66.8 Å². The van der Waals surface area contributed by atoms with Gasteiger partial charge in [-0.3, -0.25) is 14.4 Å². The van der Waals surface area contributed by atoms with Crippen molar-refractivity contribution in [2.75, 3.05) is 31.1 Å². The van der Waals surface area contributed by atoms with Crippen LogP contribution in [0.4, 0.5) is 5.69 Å². The Bertz CT molecular complexity index is 1470. The van der Waals surface area contributed by atoms with E-state index in [9.17, 15) is 19.5 Å². The number of anilines is 1. The van der Waals surface area contributed by atoms with Crippen molar-refractivity contribution in [3.8, 4) is 0 Å². The number of hydrogen-bond donors (Lipinski definition) is 1. The number of carbonyl (C=O) groups excluding carboxylic acids is 3. The molecule has 222 valence electrons. The van der Waals surface area contributed by atoms with Gasteiger partial charge in [-0.15, -0.1) is 11.8 Å². The fourth-order valence-corrected chi connectivity index (χ4v) is 9.92. The second-order valence-corrected chi connectivity index (χ2v) is 14.6. The summed E-state index contributed by atoms with van der Waals surface area (Å²) in [6, 6.07) is 12.7. The summed E-state index contributed by atoms with van der Waals surface area (Å²) in [5.74, 6) is -1.48. The summed E-state index contributed by atoms with van der Waals surface area (Å²) in [6.07, 6.45) is 9.60. The van der Waals surface area contributed by atoms with Gasteiger partial charge >= 0.3 is 0 Å². The van der Waals surface area contributed by atoms with E-state index in [2.05, 4.69) is 45.9 Å². The molecule has 3 amide bonds. The van der Waals surface area contributed by atoms with Crippen molar-refractivity contribution in [2.24, 2.45) is 17.8 Å². The number of amides is 3. The van der Waals surface area contributed by atoms with E-state index < -0.39 is 33.4 Å². The van der Waals surface area contributed by atoms with Gasteiger partial charge in [-0.25, -0.2) is 0 Å². The van der Waals surface area contributed by atoms with Crippen molar-refractivity contribution < 1.29 is 19.5 Å². The summed E-state index contributed by atoms with van der Waals surface area (Å²) in [5.41, 5.74) is 0.772. The molecule has 6 rings (SSSR count). The fraction of sp³-hybridized carbons (Fsp3) is 0.500. The SMILES string of the molecule is CCCN1CC=C[C@]2(C)S[C@]34C=CCN(c5ccc6ccccc6c5)C(=O)C3N([C@@H](CO)CC(C)C)C(=O)[C@@H]4[C@@H]2C1=O. The van der Waals surface area contributed by atoms with Crippen molar-refractivity contribution >= 4 is 45.9 Å². The van der Waals surface area contributed by atoms with Crippen molar-refractivity contribution in [2.45, 2.75) is 62.1 Å². The molecule has 2 aromatic rings. The van der Waals surface area contributed by atoms with Crippen LogP contribution in [0.3, 0.4) is 0 Å². The maximum absolute atomic E-state index is 14.9. The summed E-state index contributed by atoms with van der Waals surface area (Å²) in [6.45, 7) is 9.50. The first-order chi connectivity index (χ1) is 20.1. The highest BCUT2D eigenvalue weighted by molar-refractivity contribution is 8.02. The smallest absolute Gasteiger partial charge is 0.251 e. The van der Waals surface area contributed by atoms with Gasteiger partial charge in [0.2, 0.25) is 11.8 Å². The van der Waals surface area contributed by atoms with Gasteiger partial charge in [0.1, 0.15) is 6.04 Å². The molecule has 4 heterocycles. The third-order valence-corrected chi connectivity index (χ3v) is 11.3. The molecule has 1 unspecified atom stereocenters. The van der Waals surface area contributed by atoms with E-state index in [0.29, 0.717) is 26.1 Å². The second-order valence-electron chi connectivity index (χ2n) is 12.8. The number of hydrogen-bond acceptors (Lipinski definition) is 5. The average molecular weight is 588 g/mol. The number of benzene rings is 2. The minimum absolute atomic E-state index is 0.0198. The highest BCUT2D eigenvalue weighted by Crippen LogP contribution is 2.66. The molecule has 0 saturated carbocycles. The standard InChI is InChI=1S/C34H41N3O4S/c1-5-16-35-17-8-14-33(4)27(30(35)39)28-31(40)37(26(21-38)19-22(2)3)29-32(41)36(18-9-15-34(28,29)42-33)25-13-12-23-10-6-7-11-24(23)20-25/h6-15,20,22,26-29,38H,5,16-19,21H2,1-4H3/t26-,27-,28+,29?,33+,34+/m1/s1. The number of thioether (sulfide) groups is 1. The Hall–Kier alpha value is -3.10. The lowest BCUT2D eigenvalue weighted by Gasteiger charge is -2.40. The van der Waals surface area contributed by atoms with Crippen LogP contribution in [0.1, 0.15) is 40.5 Å². The molecule has 8 heteroatoms. The quantitative estimate of drug-likeness (QED) is 0.478. The molecular formula is C34H41N3O4S. The predicted molar refractivity (Wildman–Crippen MR) is 168 cm³/mol. The molecular weight excluding hydrogens is 546 g/mol. The van der Waals surface area contributed by atoms with Crippen molar-refractivity contribution in [1.29, 1.82) is 0 Å². The Balaban J connectivity index is 1.50. The summed E-state index contributed by atoms with van der Waals surface area (Å²) in [7, 11) is 0. The molecule has 4 aliphatic rings. The lowest BCUT2D eigenvalue weighted by Crippen LogP contribution is -2.57. The fourth-order valence-electron chi connectivity index (χ4n) is 7.77. The summed E-state index contributed by atoms with van der Waals surface area (Å²) in [4.78, 5) is 49.1. The van der Waals surface area contributed by atoms with Gasteiger partial charge in [0.05, 0.1) is 29.2 Å². The first kappa shape index (κ1) is 29.0. The number of likely N-dealkylation sites (tertiary alicyclic amines) is 1. The molecule has 0 aromatic heterocycles. The lowest BCUT2D eigenvalue weighted by molar-refractivity contribution is -0.145. The van der Waals surface area contributed by atoms with E-state index in [0.717, 1.165) is 22.9 Å². The zero-order valence-corrected chi connectivity index (χ0v) is 25.7. The second kappa shape index (κ2) is 10.9. The van der Waals surface area contributed by atoms with Crippen molar-refractivity contribution in [1.82, 2.24) is 9.80 Å². The van der Waals surface area contributed by atoms with Gasteiger partial charge in [-0.1, -0.05) is 75.4 Å². The van der Waals surface area contributed by atoms with Crippen LogP contribution in [0, 0.1) is 17.8 Å². The van der Waals surface area contributed by atoms with Crippen LogP contribution < -0.4 is 4.90 Å². The molecule has 42 heavy (non-hydrogen) atoms. The number of nitrogens with zero attached hydrogens (tertiary/aromatic N) is 3. The summed E-state index contributed by atoms with van der Waals surface area (Å²) < 4.78 is -1.57. The first-order valence-electron chi connectivity index (χ1n) is 15.2. The third kappa shape index (κ3) is 4.41. The van der Waals surface area contributed by atoms with Gasteiger partial charge in [-0.05, 0) is 48.6 Å². The topological polar surface area (TPSA) is 81.2 Å². The number of rotatable bonds is 7. The van der Waals surface area contributed by atoms with E-state index in [1.165, 1.54) is 0 Å². The normalized spacial score (nSPS) is 31.4. The van der Waals surface area contributed by atoms with E-state index in [1.54, 1.807) is 21.6 Å². The molecule has 4 aliphatic heterocycles. The maximum Gasteiger partial charge on any atom is 0.251 e. The molecule has 1 spiro atoms. The third-order valence-electron chi connectivity index (χ3n) is 9.46. The molecule has 2 fully saturated rings. The van der Waals surface area contributed by atoms with Gasteiger partial charge in [0, 0.05) is 30.1 Å². The monoisotopic (exact) mass is 587 g/mol. The van der Waals surface area contributed by atoms with E-state index >= 15 is 0 Å². The molecule has 0 aliphatic carbocycles. The Morgan fingerprint density at radius 3 is 2.40 bits per heavy atom. The molecule has 0 bridgehead atoms. The Morgan fingerprint density at radius 2 is 1.69 bits per heavy atom. The largest absolute Gasteiger partial charge is 0.394 e. The van der Waals surface area contributed by atoms with E-state index in [1.807, 2.05) is 53.4 Å². The number of carbonyl (C=O) groups is 3. The zero-order chi connectivity index (χ0) is 29.8. The minimum atomic E-state index is -0.932. The van der Waals surface area contributed by atoms with Gasteiger partial charge in [-0.2, -0.15) is 0 Å². The molecule has 0 radical (unpaired) electrons. The van der Waals surface area contributed by atoms with Crippen LogP contribution in [-0.2, 0) is 14.4 Å². The van der Waals surface area contributed by atoms with E-state index in [4.69, 9.17) is 0 Å². The maximum atomic E-state index is 14.9. The van der Waals surface area contributed by atoms with E-state index in [-0.39, 0.29) is 30.2 Å². The van der Waals surface area contributed by atoms with Crippen LogP contribution in [0.25, 0.3) is 10.8 Å². The lowest BCUT2D eigenvalue weighted by atomic mass is 9.74. The van der Waals surface area contributed by atoms with Gasteiger partial charge in [0.25, 0.3) is 5.91 Å². The molecule has 7 nitrogen and oxygen atoms in total. The first-order valence-corrected chi connectivity index (χ1v) is 16.0. The number of aliphatic hydroxyl groups is 1. The highest BCUT2D eigenvalue weighted by Gasteiger charge is 2.74. The Kier molecular flexibility index (Phi) is 7.50. The Labute approximate surface area is 252 Å². The van der Waals surface area contributed by atoms with Gasteiger partial charge < -0.3 is 19.8 Å². The molecule has 2 saturated heterocycles. The summed E-state index contributed by atoms with van der Waals surface area (Å²) >= 11 is 1.59. The van der Waals surface area contributed by atoms with Crippen LogP contribution in [-0.4, -0.2) is 80.4 Å². The van der Waals surface area contributed by atoms with Crippen LogP contribution >= 0.6 is 11.8 Å². The number of aliphatic hydroxyl groups excluding tert-OH is 1. The van der Waals surface area contributed by atoms with Crippen LogP contribution in [0.15, 0.2) is 66.8 Å². The average Bonchev–Trinajstić information content (AvgIpc) is 3.24. The molecule has 2 aromatic carbocycles. The van der Waals surface area contributed by atoms with Crippen molar-refractivity contribution in [3.63, 3.8) is 0 Å². The van der Waals surface area contributed by atoms with Crippen LogP contribution in [0.5, 0.6) is 0 Å². The summed E-state index contributed by atoms with van der Waals surface area (Å²) in [5, 5.41) is 12.7. The molecule has 1 N–H and O–H groups in total. The highest BCUT2D eigenvalue weighted by atomic mass is 32.2. The molecule has 6 atom stereocenters. The zero-order valence-electron chi connectivity index (χ0n) is 24.9. The Morgan fingerprint density at radius 1 is 0.952 bits per heavy atom. The van der Waals surface area contributed by atoms with Gasteiger partial charge in [0.15, 0.2) is 0 Å². The minimum Gasteiger partial charge on any atom is -0.394 e. The number of fused-ring (bicyclic) bond motifs is 3. The van der Waals surface area contributed by atoms with Crippen LogP contribution in [0.2, 0.25) is 0 Å². The predicted octanol–water partition coefficient (Wildman–Crippen LogP) is 4.65.